The third kappa shape index (κ3) is 5.97. The molecule has 2 heterocycles. The maximum Gasteiger partial charge on any atom is 0.242 e. The molecule has 8 nitrogen and oxygen atoms in total. The Kier molecular flexibility index (Phi) is 7.97. The zero-order valence-electron chi connectivity index (χ0n) is 20.5. The molecule has 186 valence electrons. The number of amides is 2. The Balaban J connectivity index is 1.51. The largest absolute Gasteiger partial charge is 0.493 e. The van der Waals surface area contributed by atoms with Crippen LogP contribution in [0.15, 0.2) is 41.4 Å². The summed E-state index contributed by atoms with van der Waals surface area (Å²) in [6.45, 7) is 5.20. The van der Waals surface area contributed by atoms with E-state index >= 15 is 0 Å². The van der Waals surface area contributed by atoms with Crippen molar-refractivity contribution in [2.75, 3.05) is 32.7 Å². The SMILES string of the molecule is COc1ccc(NC(=O)CC2SC(=Nc3ccc(C)cc3C)N(CC3CCCO3)C2=O)cc1OC. The van der Waals surface area contributed by atoms with Crippen LogP contribution in [0.4, 0.5) is 11.4 Å². The normalized spacial score (nSPS) is 21.0. The minimum atomic E-state index is -0.555. The number of nitrogens with zero attached hydrogens (tertiary/aromatic N) is 2. The molecule has 2 aromatic rings. The number of amidine groups is 1. The van der Waals surface area contributed by atoms with Gasteiger partial charge < -0.3 is 19.5 Å². The van der Waals surface area contributed by atoms with Gasteiger partial charge in [-0.3, -0.25) is 14.5 Å². The number of ether oxygens (including phenoxy) is 3. The predicted molar refractivity (Wildman–Crippen MR) is 138 cm³/mol. The molecule has 4 rings (SSSR count). The molecule has 0 radical (unpaired) electrons. The number of carbonyl (C=O) groups is 2. The zero-order chi connectivity index (χ0) is 24.9. The minimum absolute atomic E-state index is 0.0109. The van der Waals surface area contributed by atoms with E-state index < -0.39 is 5.25 Å². The van der Waals surface area contributed by atoms with Crippen molar-refractivity contribution in [1.82, 2.24) is 4.90 Å². The number of carbonyl (C=O) groups excluding carboxylic acids is 2. The van der Waals surface area contributed by atoms with Crippen molar-refractivity contribution >= 4 is 40.1 Å². The zero-order valence-corrected chi connectivity index (χ0v) is 21.3. The Morgan fingerprint density at radius 1 is 1.17 bits per heavy atom. The van der Waals surface area contributed by atoms with Gasteiger partial charge in [-0.2, -0.15) is 0 Å². The molecule has 35 heavy (non-hydrogen) atoms. The number of nitrogens with one attached hydrogen (secondary N) is 1. The predicted octanol–water partition coefficient (Wildman–Crippen LogP) is 4.46. The topological polar surface area (TPSA) is 89.5 Å². The molecule has 0 aromatic heterocycles. The number of rotatable bonds is 8. The summed E-state index contributed by atoms with van der Waals surface area (Å²) in [5, 5.41) is 2.92. The first-order chi connectivity index (χ1) is 16.9. The second-order valence-corrected chi connectivity index (χ2v) is 9.87. The lowest BCUT2D eigenvalue weighted by Crippen LogP contribution is -2.38. The van der Waals surface area contributed by atoms with E-state index in [1.165, 1.54) is 18.9 Å². The van der Waals surface area contributed by atoms with Gasteiger partial charge in [-0.05, 0) is 50.5 Å². The van der Waals surface area contributed by atoms with Crippen LogP contribution >= 0.6 is 11.8 Å². The van der Waals surface area contributed by atoms with E-state index in [0.717, 1.165) is 29.7 Å². The van der Waals surface area contributed by atoms with Crippen LogP contribution in [0.1, 0.15) is 30.4 Å². The van der Waals surface area contributed by atoms with Crippen LogP contribution < -0.4 is 14.8 Å². The highest BCUT2D eigenvalue weighted by Gasteiger charge is 2.40. The lowest BCUT2D eigenvalue weighted by atomic mass is 10.1. The molecule has 1 N–H and O–H groups in total. The molecule has 2 unspecified atom stereocenters. The van der Waals surface area contributed by atoms with Crippen molar-refractivity contribution in [2.45, 2.75) is 44.5 Å². The molecule has 0 saturated carbocycles. The van der Waals surface area contributed by atoms with Gasteiger partial charge in [0.25, 0.3) is 0 Å². The van der Waals surface area contributed by atoms with Crippen molar-refractivity contribution in [1.29, 1.82) is 0 Å². The molecule has 0 bridgehead atoms. The van der Waals surface area contributed by atoms with E-state index in [9.17, 15) is 9.59 Å². The lowest BCUT2D eigenvalue weighted by molar-refractivity contribution is -0.129. The number of aryl methyl sites for hydroxylation is 2. The van der Waals surface area contributed by atoms with Crippen molar-refractivity contribution in [2.24, 2.45) is 4.99 Å². The molecular formula is C26H31N3O5S. The Morgan fingerprint density at radius 2 is 1.97 bits per heavy atom. The van der Waals surface area contributed by atoms with E-state index in [1.807, 2.05) is 26.0 Å². The summed E-state index contributed by atoms with van der Waals surface area (Å²) >= 11 is 1.34. The van der Waals surface area contributed by atoms with Crippen LogP contribution in [0.3, 0.4) is 0 Å². The van der Waals surface area contributed by atoms with Gasteiger partial charge in [-0.25, -0.2) is 4.99 Å². The van der Waals surface area contributed by atoms with Crippen LogP contribution in [-0.2, 0) is 14.3 Å². The minimum Gasteiger partial charge on any atom is -0.493 e. The highest BCUT2D eigenvalue weighted by Crippen LogP contribution is 2.34. The Morgan fingerprint density at radius 3 is 2.66 bits per heavy atom. The highest BCUT2D eigenvalue weighted by molar-refractivity contribution is 8.15. The summed E-state index contributed by atoms with van der Waals surface area (Å²) in [5.41, 5.74) is 3.59. The molecule has 0 aliphatic carbocycles. The van der Waals surface area contributed by atoms with Gasteiger partial charge in [0, 0.05) is 24.8 Å². The fraction of sp³-hybridized carbons (Fsp3) is 0.423. The van der Waals surface area contributed by atoms with Gasteiger partial charge in [0.15, 0.2) is 16.7 Å². The third-order valence-corrected chi connectivity index (χ3v) is 7.21. The number of benzene rings is 2. The number of anilines is 1. The Bertz CT molecular complexity index is 1130. The maximum atomic E-state index is 13.4. The lowest BCUT2D eigenvalue weighted by Gasteiger charge is -2.20. The van der Waals surface area contributed by atoms with Gasteiger partial charge in [-0.15, -0.1) is 0 Å². The Labute approximate surface area is 210 Å². The van der Waals surface area contributed by atoms with Gasteiger partial charge in [0.1, 0.15) is 5.25 Å². The molecule has 2 amide bonds. The average molecular weight is 498 g/mol. The first-order valence-corrected chi connectivity index (χ1v) is 12.5. The van der Waals surface area contributed by atoms with Crippen molar-refractivity contribution in [3.05, 3.63) is 47.5 Å². The van der Waals surface area contributed by atoms with Crippen LogP contribution in [-0.4, -0.2) is 60.6 Å². The van der Waals surface area contributed by atoms with E-state index in [1.54, 1.807) is 30.2 Å². The first kappa shape index (κ1) is 25.1. The molecule has 2 aliphatic heterocycles. The van der Waals surface area contributed by atoms with E-state index in [0.29, 0.717) is 35.5 Å². The second-order valence-electron chi connectivity index (χ2n) is 8.70. The van der Waals surface area contributed by atoms with E-state index in [-0.39, 0.29) is 24.3 Å². The van der Waals surface area contributed by atoms with E-state index in [2.05, 4.69) is 11.4 Å². The Hall–Kier alpha value is -3.04. The smallest absolute Gasteiger partial charge is 0.242 e. The van der Waals surface area contributed by atoms with Gasteiger partial charge in [-0.1, -0.05) is 29.5 Å². The number of thioether (sulfide) groups is 1. The highest BCUT2D eigenvalue weighted by atomic mass is 32.2. The van der Waals surface area contributed by atoms with Gasteiger partial charge in [0.05, 0.1) is 32.6 Å². The monoisotopic (exact) mass is 497 g/mol. The van der Waals surface area contributed by atoms with Crippen LogP contribution in [0.2, 0.25) is 0 Å². The fourth-order valence-electron chi connectivity index (χ4n) is 4.21. The molecule has 2 aliphatic rings. The molecule has 9 heteroatoms. The molecule has 0 spiro atoms. The molecule has 2 fully saturated rings. The summed E-state index contributed by atoms with van der Waals surface area (Å²) in [7, 11) is 3.09. The molecular weight excluding hydrogens is 466 g/mol. The van der Waals surface area contributed by atoms with Crippen LogP contribution in [0, 0.1) is 13.8 Å². The summed E-state index contributed by atoms with van der Waals surface area (Å²) < 4.78 is 16.3. The van der Waals surface area contributed by atoms with Crippen LogP contribution in [0.25, 0.3) is 0 Å². The molecule has 2 atom stereocenters. The summed E-state index contributed by atoms with van der Waals surface area (Å²) in [6, 6.07) is 11.2. The summed E-state index contributed by atoms with van der Waals surface area (Å²) in [4.78, 5) is 32.7. The maximum absolute atomic E-state index is 13.4. The standard InChI is InChI=1S/C26H31N3O5S/c1-16-7-9-20(17(2)12-16)28-26-29(15-19-6-5-11-34-19)25(31)23(35-26)14-24(30)27-18-8-10-21(32-3)22(13-18)33-4/h7-10,12-13,19,23H,5-6,11,14-15H2,1-4H3,(H,27,30). The second kappa shape index (κ2) is 11.1. The number of hydrogen-bond donors (Lipinski definition) is 1. The third-order valence-electron chi connectivity index (χ3n) is 6.04. The van der Waals surface area contributed by atoms with Crippen molar-refractivity contribution in [3.63, 3.8) is 0 Å². The summed E-state index contributed by atoms with van der Waals surface area (Å²) in [5.74, 6) is 0.718. The van der Waals surface area contributed by atoms with E-state index in [4.69, 9.17) is 19.2 Å². The average Bonchev–Trinajstić information content (AvgIpc) is 3.45. The molecule has 2 saturated heterocycles. The van der Waals surface area contributed by atoms with Crippen molar-refractivity contribution in [3.8, 4) is 11.5 Å². The van der Waals surface area contributed by atoms with Gasteiger partial charge >= 0.3 is 0 Å². The first-order valence-electron chi connectivity index (χ1n) is 11.7. The number of hydrogen-bond acceptors (Lipinski definition) is 7. The summed E-state index contributed by atoms with van der Waals surface area (Å²) in [6.07, 6.45) is 1.92. The number of methoxy groups -OCH3 is 2. The van der Waals surface area contributed by atoms with Gasteiger partial charge in [0.2, 0.25) is 11.8 Å². The van der Waals surface area contributed by atoms with Crippen LogP contribution in [0.5, 0.6) is 11.5 Å². The fourth-order valence-corrected chi connectivity index (χ4v) is 5.37. The molecule has 2 aromatic carbocycles. The number of aliphatic imine (C=N–C) groups is 1. The van der Waals surface area contributed by atoms with Crippen molar-refractivity contribution < 1.29 is 23.8 Å². The quantitative estimate of drug-likeness (QED) is 0.579.